The van der Waals surface area contributed by atoms with Crippen LogP contribution in [0.5, 0.6) is 0 Å². The molecule has 1 aliphatic heterocycles. The van der Waals surface area contributed by atoms with E-state index in [1.54, 1.807) is 11.8 Å². The summed E-state index contributed by atoms with van der Waals surface area (Å²) in [4.78, 5) is 10.6. The lowest BCUT2D eigenvalue weighted by Crippen LogP contribution is -2.28. The average molecular weight is 192 g/mol. The SMILES string of the molecule is CC1(C)SCCC(C(=O)O)S1. The van der Waals surface area contributed by atoms with E-state index in [0.717, 1.165) is 12.2 Å². The summed E-state index contributed by atoms with van der Waals surface area (Å²) in [6, 6.07) is 0. The first-order valence-corrected chi connectivity index (χ1v) is 5.42. The molecule has 0 aromatic rings. The van der Waals surface area contributed by atoms with Crippen LogP contribution in [0.4, 0.5) is 0 Å². The minimum absolute atomic E-state index is 0.0846. The zero-order chi connectivity index (χ0) is 8.48. The van der Waals surface area contributed by atoms with E-state index in [0.29, 0.717) is 0 Å². The highest BCUT2D eigenvalue weighted by molar-refractivity contribution is 8.19. The highest BCUT2D eigenvalue weighted by atomic mass is 32.2. The summed E-state index contributed by atoms with van der Waals surface area (Å²) < 4.78 is 0.0846. The Hall–Kier alpha value is 0.170. The molecule has 0 radical (unpaired) electrons. The molecule has 2 nitrogen and oxygen atoms in total. The van der Waals surface area contributed by atoms with Gasteiger partial charge in [-0.15, -0.1) is 23.5 Å². The molecule has 1 heterocycles. The van der Waals surface area contributed by atoms with Gasteiger partial charge in [0, 0.05) is 0 Å². The molecule has 11 heavy (non-hydrogen) atoms. The predicted molar refractivity (Wildman–Crippen MR) is 50.2 cm³/mol. The normalized spacial score (nSPS) is 29.8. The molecule has 1 N–H and O–H groups in total. The zero-order valence-electron chi connectivity index (χ0n) is 6.66. The maximum Gasteiger partial charge on any atom is 0.316 e. The summed E-state index contributed by atoms with van der Waals surface area (Å²) in [5.41, 5.74) is 0. The Morgan fingerprint density at radius 2 is 2.27 bits per heavy atom. The molecular weight excluding hydrogens is 180 g/mol. The maximum atomic E-state index is 10.6. The minimum Gasteiger partial charge on any atom is -0.480 e. The van der Waals surface area contributed by atoms with Crippen LogP contribution in [-0.2, 0) is 4.79 Å². The topological polar surface area (TPSA) is 37.3 Å². The van der Waals surface area contributed by atoms with Gasteiger partial charge >= 0.3 is 5.97 Å². The van der Waals surface area contributed by atoms with Crippen LogP contribution < -0.4 is 0 Å². The lowest BCUT2D eigenvalue weighted by Gasteiger charge is -2.31. The van der Waals surface area contributed by atoms with E-state index < -0.39 is 5.97 Å². The van der Waals surface area contributed by atoms with Crippen molar-refractivity contribution in [3.8, 4) is 0 Å². The number of rotatable bonds is 1. The van der Waals surface area contributed by atoms with Crippen molar-refractivity contribution in [2.24, 2.45) is 0 Å². The monoisotopic (exact) mass is 192 g/mol. The third-order valence-corrected chi connectivity index (χ3v) is 4.60. The van der Waals surface area contributed by atoms with Crippen LogP contribution in [-0.4, -0.2) is 26.2 Å². The first-order chi connectivity index (χ1) is 5.01. The number of carboxylic acids is 1. The highest BCUT2D eigenvalue weighted by Crippen LogP contribution is 2.44. The molecule has 1 fully saturated rings. The largest absolute Gasteiger partial charge is 0.480 e. The molecular formula is C7H12O2S2. The van der Waals surface area contributed by atoms with E-state index in [2.05, 4.69) is 13.8 Å². The molecule has 1 unspecified atom stereocenters. The molecule has 1 saturated heterocycles. The van der Waals surface area contributed by atoms with Gasteiger partial charge in [0.25, 0.3) is 0 Å². The average Bonchev–Trinajstić information content (AvgIpc) is 1.85. The molecule has 1 atom stereocenters. The second-order valence-electron chi connectivity index (χ2n) is 2.98. The summed E-state index contributed by atoms with van der Waals surface area (Å²) in [7, 11) is 0. The van der Waals surface area contributed by atoms with Gasteiger partial charge in [-0.3, -0.25) is 4.79 Å². The number of thioether (sulfide) groups is 2. The standard InChI is InChI=1S/C7H12O2S2/c1-7(2)10-4-3-5(11-7)6(8)9/h5H,3-4H2,1-2H3,(H,8,9). The van der Waals surface area contributed by atoms with E-state index in [4.69, 9.17) is 5.11 Å². The fraction of sp³-hybridized carbons (Fsp3) is 0.857. The summed E-state index contributed by atoms with van der Waals surface area (Å²) in [5.74, 6) is 0.306. The number of hydrogen-bond donors (Lipinski definition) is 1. The Kier molecular flexibility index (Phi) is 2.75. The van der Waals surface area contributed by atoms with E-state index in [1.165, 1.54) is 0 Å². The Morgan fingerprint density at radius 3 is 2.64 bits per heavy atom. The van der Waals surface area contributed by atoms with Crippen LogP contribution in [0.15, 0.2) is 0 Å². The molecule has 0 aliphatic carbocycles. The van der Waals surface area contributed by atoms with Crippen molar-refractivity contribution < 1.29 is 9.90 Å². The van der Waals surface area contributed by atoms with E-state index >= 15 is 0 Å². The van der Waals surface area contributed by atoms with Gasteiger partial charge in [0.1, 0.15) is 5.25 Å². The van der Waals surface area contributed by atoms with Crippen molar-refractivity contribution in [2.75, 3.05) is 5.75 Å². The van der Waals surface area contributed by atoms with Crippen LogP contribution in [0.25, 0.3) is 0 Å². The predicted octanol–water partition coefficient (Wildman–Crippen LogP) is 2.05. The molecule has 64 valence electrons. The van der Waals surface area contributed by atoms with Crippen LogP contribution in [0.1, 0.15) is 20.3 Å². The van der Waals surface area contributed by atoms with Crippen LogP contribution in [0.2, 0.25) is 0 Å². The molecule has 0 aromatic heterocycles. The smallest absolute Gasteiger partial charge is 0.316 e. The van der Waals surface area contributed by atoms with Crippen molar-refractivity contribution >= 4 is 29.5 Å². The third-order valence-electron chi connectivity index (χ3n) is 1.53. The lowest BCUT2D eigenvalue weighted by atomic mass is 10.3. The lowest BCUT2D eigenvalue weighted by molar-refractivity contribution is -0.136. The second kappa shape index (κ2) is 3.27. The van der Waals surface area contributed by atoms with Gasteiger partial charge in [0.05, 0.1) is 4.08 Å². The fourth-order valence-electron chi connectivity index (χ4n) is 1.02. The van der Waals surface area contributed by atoms with Crippen molar-refractivity contribution in [1.29, 1.82) is 0 Å². The van der Waals surface area contributed by atoms with Crippen molar-refractivity contribution in [3.63, 3.8) is 0 Å². The Labute approximate surface area is 75.1 Å². The third kappa shape index (κ3) is 2.60. The number of hydrogen-bond acceptors (Lipinski definition) is 3. The van der Waals surface area contributed by atoms with Gasteiger partial charge in [0.15, 0.2) is 0 Å². The first kappa shape index (κ1) is 9.26. The van der Waals surface area contributed by atoms with Gasteiger partial charge in [-0.25, -0.2) is 0 Å². The van der Waals surface area contributed by atoms with Crippen molar-refractivity contribution in [1.82, 2.24) is 0 Å². The highest BCUT2D eigenvalue weighted by Gasteiger charge is 2.32. The zero-order valence-corrected chi connectivity index (χ0v) is 8.30. The molecule has 4 heteroatoms. The number of carbonyl (C=O) groups is 1. The van der Waals surface area contributed by atoms with Crippen LogP contribution in [0.3, 0.4) is 0 Å². The van der Waals surface area contributed by atoms with Gasteiger partial charge in [-0.2, -0.15) is 0 Å². The molecule has 0 bridgehead atoms. The van der Waals surface area contributed by atoms with E-state index in [1.807, 2.05) is 11.8 Å². The molecule has 0 spiro atoms. The minimum atomic E-state index is -0.664. The van der Waals surface area contributed by atoms with Gasteiger partial charge in [0.2, 0.25) is 0 Å². The first-order valence-electron chi connectivity index (χ1n) is 3.56. The molecule has 0 aromatic carbocycles. The van der Waals surface area contributed by atoms with Gasteiger partial charge < -0.3 is 5.11 Å². The van der Waals surface area contributed by atoms with Crippen LogP contribution in [0, 0.1) is 0 Å². The molecule has 0 saturated carbocycles. The summed E-state index contributed by atoms with van der Waals surface area (Å²) in [5, 5.41) is 8.55. The van der Waals surface area contributed by atoms with Crippen LogP contribution >= 0.6 is 23.5 Å². The maximum absolute atomic E-state index is 10.6. The van der Waals surface area contributed by atoms with Gasteiger partial charge in [-0.1, -0.05) is 0 Å². The molecule has 1 rings (SSSR count). The van der Waals surface area contributed by atoms with Crippen molar-refractivity contribution in [3.05, 3.63) is 0 Å². The number of aliphatic carboxylic acids is 1. The summed E-state index contributed by atoms with van der Waals surface area (Å²) in [6.07, 6.45) is 0.800. The molecule has 1 aliphatic rings. The summed E-state index contributed by atoms with van der Waals surface area (Å²) >= 11 is 3.40. The van der Waals surface area contributed by atoms with E-state index in [9.17, 15) is 4.79 Å². The Balaban J connectivity index is 2.53. The summed E-state index contributed by atoms with van der Waals surface area (Å²) in [6.45, 7) is 4.16. The fourth-order valence-corrected chi connectivity index (χ4v) is 3.91. The number of carboxylic acid groups (broad SMARTS) is 1. The Morgan fingerprint density at radius 1 is 1.64 bits per heavy atom. The molecule has 0 amide bonds. The van der Waals surface area contributed by atoms with E-state index in [-0.39, 0.29) is 9.33 Å². The van der Waals surface area contributed by atoms with Gasteiger partial charge in [-0.05, 0) is 26.0 Å². The quantitative estimate of drug-likeness (QED) is 0.690. The Bertz CT molecular complexity index is 168. The second-order valence-corrected chi connectivity index (χ2v) is 6.78. The van der Waals surface area contributed by atoms with Crippen molar-refractivity contribution in [2.45, 2.75) is 29.6 Å².